The van der Waals surface area contributed by atoms with Crippen molar-refractivity contribution in [1.82, 2.24) is 16.0 Å². The van der Waals surface area contributed by atoms with Gasteiger partial charge in [-0.05, 0) is 38.5 Å². The van der Waals surface area contributed by atoms with E-state index in [1.54, 1.807) is 7.05 Å². The molecule has 1 heterocycles. The first-order valence-corrected chi connectivity index (χ1v) is 9.00. The molecule has 0 spiro atoms. The number of fused-ring (bicyclic) bond motifs is 1. The van der Waals surface area contributed by atoms with Gasteiger partial charge in [-0.1, -0.05) is 11.6 Å². The van der Waals surface area contributed by atoms with Crippen molar-refractivity contribution in [2.24, 2.45) is 4.99 Å². The number of nitrogens with one attached hydrogen (secondary N) is 3. The largest absolute Gasteiger partial charge is 0.489 e. The van der Waals surface area contributed by atoms with Crippen LogP contribution in [0, 0.1) is 0 Å². The average Bonchev–Trinajstić information content (AvgIpc) is 2.79. The number of rotatable bonds is 4. The highest BCUT2D eigenvalue weighted by Gasteiger charge is 2.16. The Kier molecular flexibility index (Phi) is 9.44. The van der Waals surface area contributed by atoms with E-state index < -0.39 is 0 Å². The summed E-state index contributed by atoms with van der Waals surface area (Å²) in [6.45, 7) is 7.63. The number of carbonyl (C=O) groups excluding carboxylic acids is 1. The fourth-order valence-corrected chi connectivity index (χ4v) is 2.71. The monoisotopic (exact) mass is 510 g/mol. The second kappa shape index (κ2) is 10.8. The molecule has 1 aliphatic rings. The van der Waals surface area contributed by atoms with Crippen LogP contribution in [0.25, 0.3) is 0 Å². The van der Waals surface area contributed by atoms with Crippen molar-refractivity contribution in [3.05, 3.63) is 22.7 Å². The molecular weight excluding hydrogens is 483 g/mol. The molecule has 1 amide bonds. The topological polar surface area (TPSA) is 84.0 Å². The molecule has 1 aromatic rings. The van der Waals surface area contributed by atoms with Gasteiger partial charge in [0.2, 0.25) is 5.91 Å². The molecule has 2 rings (SSSR count). The third-order valence-electron chi connectivity index (χ3n) is 3.48. The predicted octanol–water partition coefficient (Wildman–Crippen LogP) is 2.70. The number of carbonyl (C=O) groups is 1. The minimum absolute atomic E-state index is 0. The van der Waals surface area contributed by atoms with E-state index >= 15 is 0 Å². The highest BCUT2D eigenvalue weighted by molar-refractivity contribution is 14.0. The third kappa shape index (κ3) is 8.00. The lowest BCUT2D eigenvalue weighted by atomic mass is 10.1. The van der Waals surface area contributed by atoms with Crippen molar-refractivity contribution >= 4 is 47.4 Å². The summed E-state index contributed by atoms with van der Waals surface area (Å²) in [5.74, 6) is 1.67. The molecule has 1 aromatic carbocycles. The molecule has 0 aromatic heterocycles. The molecule has 152 valence electrons. The first-order valence-electron chi connectivity index (χ1n) is 8.62. The van der Waals surface area contributed by atoms with Crippen molar-refractivity contribution in [1.29, 1.82) is 0 Å². The molecule has 0 unspecified atom stereocenters. The summed E-state index contributed by atoms with van der Waals surface area (Å²) in [7, 11) is 1.65. The minimum atomic E-state index is -0.267. The molecule has 0 fully saturated rings. The lowest BCUT2D eigenvalue weighted by Gasteiger charge is -2.21. The number of aliphatic imine (C=N–C) groups is 1. The first-order chi connectivity index (χ1) is 12.3. The van der Waals surface area contributed by atoms with Gasteiger partial charge in [0.25, 0.3) is 0 Å². The number of benzene rings is 1. The van der Waals surface area contributed by atoms with Gasteiger partial charge in [-0.2, -0.15) is 0 Å². The normalized spacial score (nSPS) is 13.9. The van der Waals surface area contributed by atoms with Gasteiger partial charge in [-0.3, -0.25) is 9.79 Å². The number of hydrogen-bond donors (Lipinski definition) is 3. The Hall–Kier alpha value is -1.42. The van der Waals surface area contributed by atoms with Crippen molar-refractivity contribution in [3.8, 4) is 11.5 Å². The van der Waals surface area contributed by atoms with Crippen molar-refractivity contribution in [2.75, 3.05) is 26.8 Å². The predicted molar refractivity (Wildman–Crippen MR) is 119 cm³/mol. The zero-order valence-corrected chi connectivity index (χ0v) is 19.2. The van der Waals surface area contributed by atoms with E-state index in [9.17, 15) is 4.79 Å². The molecule has 27 heavy (non-hydrogen) atoms. The van der Waals surface area contributed by atoms with Crippen LogP contribution in [0.4, 0.5) is 0 Å². The van der Waals surface area contributed by atoms with Crippen LogP contribution < -0.4 is 25.4 Å². The van der Waals surface area contributed by atoms with Crippen molar-refractivity contribution in [2.45, 2.75) is 39.3 Å². The smallest absolute Gasteiger partial charge is 0.239 e. The summed E-state index contributed by atoms with van der Waals surface area (Å²) in [4.78, 5) is 16.0. The summed E-state index contributed by atoms with van der Waals surface area (Å²) >= 11 is 6.30. The fraction of sp³-hybridized carbons (Fsp3) is 0.556. The molecule has 0 saturated carbocycles. The van der Waals surface area contributed by atoms with Gasteiger partial charge in [0.1, 0.15) is 0 Å². The SMILES string of the molecule is CN=C(NCC(=O)NC(C)(C)C)NCc1cc(Cl)c2c(c1)OCCCO2.I. The van der Waals surface area contributed by atoms with Crippen LogP contribution in [0.5, 0.6) is 11.5 Å². The summed E-state index contributed by atoms with van der Waals surface area (Å²) < 4.78 is 11.3. The Morgan fingerprint density at radius 2 is 1.93 bits per heavy atom. The zero-order chi connectivity index (χ0) is 19.2. The lowest BCUT2D eigenvalue weighted by Crippen LogP contribution is -2.48. The van der Waals surface area contributed by atoms with Crippen molar-refractivity contribution in [3.63, 3.8) is 0 Å². The summed E-state index contributed by atoms with van der Waals surface area (Å²) in [6.07, 6.45) is 0.825. The molecule has 0 bridgehead atoms. The van der Waals surface area contributed by atoms with Gasteiger partial charge in [-0.25, -0.2) is 0 Å². The lowest BCUT2D eigenvalue weighted by molar-refractivity contribution is -0.121. The number of hydrogen-bond acceptors (Lipinski definition) is 4. The van der Waals surface area contributed by atoms with E-state index in [4.69, 9.17) is 21.1 Å². The molecule has 0 atom stereocenters. The molecule has 1 aliphatic heterocycles. The Morgan fingerprint density at radius 3 is 2.59 bits per heavy atom. The van der Waals surface area contributed by atoms with Gasteiger partial charge < -0.3 is 25.4 Å². The van der Waals surface area contributed by atoms with Gasteiger partial charge in [0.15, 0.2) is 17.5 Å². The summed E-state index contributed by atoms with van der Waals surface area (Å²) in [5, 5.41) is 9.55. The maximum absolute atomic E-state index is 11.9. The Labute approximate surface area is 182 Å². The number of nitrogens with zero attached hydrogens (tertiary/aromatic N) is 1. The summed E-state index contributed by atoms with van der Waals surface area (Å²) in [5.41, 5.74) is 0.664. The molecule has 3 N–H and O–H groups in total. The quantitative estimate of drug-likeness (QED) is 0.330. The van der Waals surface area contributed by atoms with Crippen LogP contribution in [0.3, 0.4) is 0 Å². The maximum atomic E-state index is 11.9. The Balaban J connectivity index is 0.00000364. The third-order valence-corrected chi connectivity index (χ3v) is 3.76. The molecular formula is C18H28ClIN4O3. The second-order valence-electron chi connectivity index (χ2n) is 7.03. The standard InChI is InChI=1S/C18H27ClN4O3.HI/c1-18(2,3)23-15(24)11-22-17(20-4)21-10-12-8-13(19)16-14(9-12)25-6-5-7-26-16;/h8-9H,5-7,10-11H2,1-4H3,(H,23,24)(H2,20,21,22);1H. The van der Waals surface area contributed by atoms with E-state index in [0.29, 0.717) is 42.2 Å². The van der Waals surface area contributed by atoms with Crippen LogP contribution in [0.15, 0.2) is 17.1 Å². The van der Waals surface area contributed by atoms with Gasteiger partial charge in [0, 0.05) is 25.6 Å². The molecule has 0 aliphatic carbocycles. The second-order valence-corrected chi connectivity index (χ2v) is 7.44. The molecule has 0 radical (unpaired) electrons. The van der Waals surface area contributed by atoms with Gasteiger partial charge >= 0.3 is 0 Å². The van der Waals surface area contributed by atoms with Gasteiger partial charge in [0.05, 0.1) is 24.8 Å². The van der Waals surface area contributed by atoms with Crippen LogP contribution in [0.2, 0.25) is 5.02 Å². The number of guanidine groups is 1. The van der Waals surface area contributed by atoms with E-state index in [0.717, 1.165) is 12.0 Å². The van der Waals surface area contributed by atoms with Crippen LogP contribution >= 0.6 is 35.6 Å². The number of ether oxygens (including phenoxy) is 2. The van der Waals surface area contributed by atoms with Crippen LogP contribution in [0.1, 0.15) is 32.8 Å². The van der Waals surface area contributed by atoms with Crippen LogP contribution in [-0.4, -0.2) is 44.2 Å². The maximum Gasteiger partial charge on any atom is 0.239 e. The zero-order valence-electron chi connectivity index (χ0n) is 16.1. The first kappa shape index (κ1) is 23.6. The molecule has 0 saturated heterocycles. The highest BCUT2D eigenvalue weighted by Crippen LogP contribution is 2.37. The Bertz CT molecular complexity index is 677. The number of amides is 1. The fourth-order valence-electron chi connectivity index (χ4n) is 2.42. The molecule has 9 heteroatoms. The highest BCUT2D eigenvalue weighted by atomic mass is 127. The van der Waals surface area contributed by atoms with Crippen molar-refractivity contribution < 1.29 is 14.3 Å². The molecule has 7 nitrogen and oxygen atoms in total. The minimum Gasteiger partial charge on any atom is -0.489 e. The van der Waals surface area contributed by atoms with E-state index in [2.05, 4.69) is 20.9 Å². The summed E-state index contributed by atoms with van der Waals surface area (Å²) in [6, 6.07) is 3.74. The van der Waals surface area contributed by atoms with E-state index in [1.165, 1.54) is 0 Å². The van der Waals surface area contributed by atoms with E-state index in [-0.39, 0.29) is 42.0 Å². The van der Waals surface area contributed by atoms with E-state index in [1.807, 2.05) is 32.9 Å². The average molecular weight is 511 g/mol. The Morgan fingerprint density at radius 1 is 1.22 bits per heavy atom. The number of halogens is 2. The van der Waals surface area contributed by atoms with Crippen LogP contribution in [-0.2, 0) is 11.3 Å². The van der Waals surface area contributed by atoms with Gasteiger partial charge in [-0.15, -0.1) is 24.0 Å².